The van der Waals surface area contributed by atoms with Gasteiger partial charge in [0, 0.05) is 23.1 Å². The molecule has 3 nitrogen and oxygen atoms in total. The van der Waals surface area contributed by atoms with Crippen molar-refractivity contribution in [2.75, 3.05) is 7.05 Å². The van der Waals surface area contributed by atoms with Crippen molar-refractivity contribution < 1.29 is 0 Å². The predicted octanol–water partition coefficient (Wildman–Crippen LogP) is 4.25. The van der Waals surface area contributed by atoms with Gasteiger partial charge in [0.05, 0.1) is 20.9 Å². The molecule has 0 spiro atoms. The number of aryl methyl sites for hydroxylation is 2. The van der Waals surface area contributed by atoms with Crippen LogP contribution < -0.4 is 5.32 Å². The van der Waals surface area contributed by atoms with Crippen molar-refractivity contribution in [1.29, 1.82) is 0 Å². The minimum absolute atomic E-state index is 0.204. The summed E-state index contributed by atoms with van der Waals surface area (Å²) in [7, 11) is 3.94. The van der Waals surface area contributed by atoms with Crippen LogP contribution in [0.25, 0.3) is 0 Å². The monoisotopic (exact) mass is 467 g/mol. The van der Waals surface area contributed by atoms with Gasteiger partial charge in [-0.3, -0.25) is 4.68 Å². The lowest BCUT2D eigenvalue weighted by molar-refractivity contribution is 0.560. The van der Waals surface area contributed by atoms with Crippen molar-refractivity contribution in [3.8, 4) is 0 Å². The van der Waals surface area contributed by atoms with Gasteiger partial charge in [-0.2, -0.15) is 5.10 Å². The first-order valence-corrected chi connectivity index (χ1v) is 8.49. The van der Waals surface area contributed by atoms with Crippen LogP contribution in [0.5, 0.6) is 0 Å². The maximum Gasteiger partial charge on any atom is 0.0738 e. The number of rotatable bonds is 4. The van der Waals surface area contributed by atoms with E-state index in [0.29, 0.717) is 0 Å². The van der Waals surface area contributed by atoms with Crippen molar-refractivity contribution in [3.05, 3.63) is 48.2 Å². The van der Waals surface area contributed by atoms with Gasteiger partial charge in [-0.25, -0.2) is 0 Å². The van der Waals surface area contributed by atoms with Gasteiger partial charge in [0.1, 0.15) is 0 Å². The summed E-state index contributed by atoms with van der Waals surface area (Å²) in [5.74, 6) is 0. The molecule has 1 unspecified atom stereocenters. The second kappa shape index (κ2) is 6.77. The van der Waals surface area contributed by atoms with Crippen LogP contribution in [0.3, 0.4) is 0 Å². The first-order chi connectivity index (χ1) is 9.43. The summed E-state index contributed by atoms with van der Waals surface area (Å²) in [6.45, 7) is 2.00. The molecular weight excluding hydrogens is 452 g/mol. The summed E-state index contributed by atoms with van der Waals surface area (Å²) in [5.41, 5.74) is 3.37. The smallest absolute Gasteiger partial charge is 0.0738 e. The Morgan fingerprint density at radius 1 is 1.50 bits per heavy atom. The molecule has 0 aliphatic carbocycles. The Morgan fingerprint density at radius 3 is 2.70 bits per heavy atom. The van der Waals surface area contributed by atoms with E-state index in [1.165, 1.54) is 11.3 Å². The van der Waals surface area contributed by atoms with E-state index in [2.05, 4.69) is 55.0 Å². The molecule has 1 aromatic carbocycles. The largest absolute Gasteiger partial charge is 0.313 e. The van der Waals surface area contributed by atoms with E-state index in [4.69, 9.17) is 11.6 Å². The molecule has 0 aliphatic heterocycles. The molecule has 2 rings (SSSR count). The lowest BCUT2D eigenvalue weighted by atomic mass is 10.0. The van der Waals surface area contributed by atoms with Crippen LogP contribution in [-0.2, 0) is 13.5 Å². The highest BCUT2D eigenvalue weighted by molar-refractivity contribution is 14.1. The van der Waals surface area contributed by atoms with Gasteiger partial charge in [-0.1, -0.05) is 17.7 Å². The molecule has 6 heteroatoms. The molecule has 0 amide bonds. The summed E-state index contributed by atoms with van der Waals surface area (Å²) in [6, 6.07) is 6.40. The van der Waals surface area contributed by atoms with Gasteiger partial charge in [-0.15, -0.1) is 0 Å². The Balaban J connectivity index is 2.31. The zero-order chi connectivity index (χ0) is 14.9. The van der Waals surface area contributed by atoms with Crippen molar-refractivity contribution in [1.82, 2.24) is 15.1 Å². The lowest BCUT2D eigenvalue weighted by Gasteiger charge is -2.18. The van der Waals surface area contributed by atoms with Crippen molar-refractivity contribution in [2.24, 2.45) is 7.05 Å². The number of nitrogens with one attached hydrogen (secondary N) is 1. The number of hydrogen-bond donors (Lipinski definition) is 1. The highest BCUT2D eigenvalue weighted by Gasteiger charge is 2.17. The number of aromatic nitrogens is 2. The Labute approximate surface area is 146 Å². The molecule has 1 N–H and O–H groups in total. The normalized spacial score (nSPS) is 12.7. The van der Waals surface area contributed by atoms with Gasteiger partial charge in [0.15, 0.2) is 0 Å². The molecule has 0 bridgehead atoms. The molecule has 0 fully saturated rings. The van der Waals surface area contributed by atoms with E-state index in [1.54, 1.807) is 0 Å². The van der Waals surface area contributed by atoms with Crippen LogP contribution >= 0.6 is 50.1 Å². The molecule has 1 aromatic heterocycles. The quantitative estimate of drug-likeness (QED) is 0.680. The maximum absolute atomic E-state index is 6.22. The summed E-state index contributed by atoms with van der Waals surface area (Å²) in [5, 5.41) is 8.59. The number of hydrogen-bond acceptors (Lipinski definition) is 2. The van der Waals surface area contributed by atoms with Gasteiger partial charge in [-0.05, 0) is 70.2 Å². The van der Waals surface area contributed by atoms with E-state index in [-0.39, 0.29) is 6.04 Å². The van der Waals surface area contributed by atoms with E-state index < -0.39 is 0 Å². The zero-order valence-corrected chi connectivity index (χ0v) is 16.0. The third-order valence-electron chi connectivity index (χ3n) is 3.35. The summed E-state index contributed by atoms with van der Waals surface area (Å²) in [6.07, 6.45) is 0.853. The molecule has 108 valence electrons. The molecular formula is C14H16BrClIN3. The molecule has 0 aliphatic rings. The predicted molar refractivity (Wildman–Crippen MR) is 95.3 cm³/mol. The Kier molecular flexibility index (Phi) is 5.50. The summed E-state index contributed by atoms with van der Waals surface area (Å²) < 4.78 is 4.08. The van der Waals surface area contributed by atoms with Crippen LogP contribution in [0, 0.1) is 10.5 Å². The second-order valence-electron chi connectivity index (χ2n) is 4.69. The third-order valence-corrected chi connectivity index (χ3v) is 5.96. The fourth-order valence-electron chi connectivity index (χ4n) is 2.21. The minimum atomic E-state index is 0.204. The molecule has 20 heavy (non-hydrogen) atoms. The van der Waals surface area contributed by atoms with Gasteiger partial charge in [0.25, 0.3) is 0 Å². The highest BCUT2D eigenvalue weighted by atomic mass is 127. The number of likely N-dealkylation sites (N-methyl/N-ethyl adjacent to an activating group) is 1. The van der Waals surface area contributed by atoms with E-state index in [0.717, 1.165) is 25.2 Å². The molecule has 1 heterocycles. The molecule has 2 aromatic rings. The van der Waals surface area contributed by atoms with Crippen molar-refractivity contribution in [3.63, 3.8) is 0 Å². The topological polar surface area (TPSA) is 29.9 Å². The second-order valence-corrected chi connectivity index (χ2v) is 7.05. The summed E-state index contributed by atoms with van der Waals surface area (Å²) in [4.78, 5) is 0. The fourth-order valence-corrected chi connectivity index (χ4v) is 3.23. The maximum atomic E-state index is 6.22. The average Bonchev–Trinajstić information content (AvgIpc) is 2.65. The highest BCUT2D eigenvalue weighted by Crippen LogP contribution is 2.28. The van der Waals surface area contributed by atoms with E-state index >= 15 is 0 Å². The summed E-state index contributed by atoms with van der Waals surface area (Å²) >= 11 is 12.1. The van der Waals surface area contributed by atoms with Crippen LogP contribution in [0.1, 0.15) is 23.0 Å². The Morgan fingerprint density at radius 2 is 2.20 bits per heavy atom. The first-order valence-electron chi connectivity index (χ1n) is 6.24. The SMILES string of the molecule is CNC(Cc1c(Br)c(C)nn1C)c1ccc(I)c(Cl)c1. The van der Waals surface area contributed by atoms with Gasteiger partial charge < -0.3 is 5.32 Å². The van der Waals surface area contributed by atoms with Crippen molar-refractivity contribution >= 4 is 50.1 Å². The Bertz CT molecular complexity index is 627. The van der Waals surface area contributed by atoms with Crippen LogP contribution in [0.2, 0.25) is 5.02 Å². The lowest BCUT2D eigenvalue weighted by Crippen LogP contribution is -2.20. The number of nitrogens with zero attached hydrogens (tertiary/aromatic N) is 2. The average molecular weight is 469 g/mol. The number of benzene rings is 1. The van der Waals surface area contributed by atoms with Gasteiger partial charge in [0.2, 0.25) is 0 Å². The van der Waals surface area contributed by atoms with Gasteiger partial charge >= 0.3 is 0 Å². The van der Waals surface area contributed by atoms with Crippen LogP contribution in [0.4, 0.5) is 0 Å². The third kappa shape index (κ3) is 3.37. The number of halogens is 3. The standard InChI is InChI=1S/C14H16BrClIN3/c1-8-14(15)13(20(3)19-8)7-12(18-2)9-4-5-11(17)10(16)6-9/h4-6,12,18H,7H2,1-3H3. The Hall–Kier alpha value is -0.110. The fraction of sp³-hybridized carbons (Fsp3) is 0.357. The molecule has 1 atom stereocenters. The van der Waals surface area contributed by atoms with E-state index in [9.17, 15) is 0 Å². The van der Waals surface area contributed by atoms with Crippen molar-refractivity contribution in [2.45, 2.75) is 19.4 Å². The molecule has 0 radical (unpaired) electrons. The van der Waals surface area contributed by atoms with Crippen LogP contribution in [-0.4, -0.2) is 16.8 Å². The molecule has 0 saturated heterocycles. The van der Waals surface area contributed by atoms with Crippen LogP contribution in [0.15, 0.2) is 22.7 Å². The first kappa shape index (κ1) is 16.3. The minimum Gasteiger partial charge on any atom is -0.313 e. The molecule has 0 saturated carbocycles. The van der Waals surface area contributed by atoms with E-state index in [1.807, 2.05) is 37.8 Å². The zero-order valence-electron chi connectivity index (χ0n) is 11.5.